The Morgan fingerprint density at radius 2 is 1.74 bits per heavy atom. The van der Waals surface area contributed by atoms with Crippen molar-refractivity contribution in [1.82, 2.24) is 10.3 Å². The zero-order valence-corrected chi connectivity index (χ0v) is 19.9. The number of imide groups is 1. The smallest absolute Gasteiger partial charge is 0.271 e. The SMILES string of the molecule is O=C1[C@@H]2[C@@H](C(=O)N1c1cccc([N+](=O)[O-])c1)[C@]1(N[C@@H]2Cc2c[nH]c3ccccc23)C(=O)Nc2ccccc21. The number of aromatic amines is 1. The fraction of sp³-hybridized carbons (Fsp3) is 0.179. The molecule has 10 nitrogen and oxygen atoms in total. The molecule has 7 rings (SSSR count). The number of hydrogen-bond donors (Lipinski definition) is 3. The quantitative estimate of drug-likeness (QED) is 0.220. The number of hydrogen-bond acceptors (Lipinski definition) is 6. The van der Waals surface area contributed by atoms with Gasteiger partial charge in [-0.15, -0.1) is 0 Å². The normalized spacial score (nSPS) is 25.7. The number of nitrogens with one attached hydrogen (secondary N) is 3. The molecule has 4 heterocycles. The molecular formula is C28H21N5O5. The van der Waals surface area contributed by atoms with E-state index in [4.69, 9.17) is 0 Å². The van der Waals surface area contributed by atoms with Gasteiger partial charge in [0.1, 0.15) is 5.54 Å². The molecule has 4 atom stereocenters. The number of anilines is 2. The lowest BCUT2D eigenvalue weighted by atomic mass is 9.76. The van der Waals surface area contributed by atoms with Crippen molar-refractivity contribution in [2.75, 3.05) is 10.2 Å². The van der Waals surface area contributed by atoms with Crippen LogP contribution in [0.5, 0.6) is 0 Å². The first-order chi connectivity index (χ1) is 18.4. The van der Waals surface area contributed by atoms with E-state index in [1.165, 1.54) is 24.3 Å². The van der Waals surface area contributed by atoms with Crippen LogP contribution in [0.4, 0.5) is 17.1 Å². The Hall–Kier alpha value is -4.83. The van der Waals surface area contributed by atoms with Crippen LogP contribution in [-0.2, 0) is 26.3 Å². The summed E-state index contributed by atoms with van der Waals surface area (Å²) in [7, 11) is 0. The second-order valence-corrected chi connectivity index (χ2v) is 9.91. The van der Waals surface area contributed by atoms with Gasteiger partial charge in [-0.2, -0.15) is 0 Å². The number of H-pyrrole nitrogens is 1. The van der Waals surface area contributed by atoms with Gasteiger partial charge in [-0.05, 0) is 30.2 Å². The van der Waals surface area contributed by atoms with Gasteiger partial charge in [-0.25, -0.2) is 4.90 Å². The van der Waals surface area contributed by atoms with Crippen molar-refractivity contribution in [2.24, 2.45) is 11.8 Å². The van der Waals surface area contributed by atoms with Crippen LogP contribution < -0.4 is 15.5 Å². The third-order valence-electron chi connectivity index (χ3n) is 8.04. The number of fused-ring (bicyclic) bond motifs is 5. The highest BCUT2D eigenvalue weighted by molar-refractivity contribution is 6.26. The summed E-state index contributed by atoms with van der Waals surface area (Å²) < 4.78 is 0. The lowest BCUT2D eigenvalue weighted by Gasteiger charge is -2.29. The van der Waals surface area contributed by atoms with Crippen LogP contribution in [0.1, 0.15) is 11.1 Å². The Labute approximate surface area is 215 Å². The molecule has 0 radical (unpaired) electrons. The first kappa shape index (κ1) is 22.4. The van der Waals surface area contributed by atoms with Crippen molar-refractivity contribution in [1.29, 1.82) is 0 Å². The van der Waals surface area contributed by atoms with E-state index in [1.807, 2.05) is 30.5 Å². The largest absolute Gasteiger partial charge is 0.361 e. The molecule has 3 aromatic carbocycles. The molecule has 4 aromatic rings. The van der Waals surface area contributed by atoms with Crippen LogP contribution in [0.2, 0.25) is 0 Å². The molecular weight excluding hydrogens is 486 g/mol. The summed E-state index contributed by atoms with van der Waals surface area (Å²) in [4.78, 5) is 56.8. The molecule has 3 aliphatic heterocycles. The number of non-ortho nitro benzene ring substituents is 1. The first-order valence-corrected chi connectivity index (χ1v) is 12.3. The Kier molecular flexibility index (Phi) is 4.61. The predicted molar refractivity (Wildman–Crippen MR) is 138 cm³/mol. The maximum atomic E-state index is 14.1. The molecule has 3 aliphatic rings. The molecule has 3 N–H and O–H groups in total. The summed E-state index contributed by atoms with van der Waals surface area (Å²) in [6.07, 6.45) is 2.28. The van der Waals surface area contributed by atoms with E-state index in [9.17, 15) is 24.5 Å². The molecule has 0 bridgehead atoms. The van der Waals surface area contributed by atoms with Crippen molar-refractivity contribution < 1.29 is 19.3 Å². The molecule has 3 amide bonds. The molecule has 0 saturated carbocycles. The number of nitro benzene ring substituents is 1. The van der Waals surface area contributed by atoms with E-state index >= 15 is 0 Å². The van der Waals surface area contributed by atoms with Gasteiger partial charge < -0.3 is 10.3 Å². The topological polar surface area (TPSA) is 137 Å². The number of para-hydroxylation sites is 2. The molecule has 2 fully saturated rings. The van der Waals surface area contributed by atoms with E-state index in [-0.39, 0.29) is 11.4 Å². The van der Waals surface area contributed by atoms with Gasteiger partial charge >= 0.3 is 0 Å². The number of rotatable bonds is 4. The van der Waals surface area contributed by atoms with Gasteiger partial charge in [-0.3, -0.25) is 29.8 Å². The average Bonchev–Trinajstić information content (AvgIpc) is 3.63. The number of nitro groups is 1. The lowest BCUT2D eigenvalue weighted by molar-refractivity contribution is -0.384. The van der Waals surface area contributed by atoms with Gasteiger partial charge in [0.15, 0.2) is 0 Å². The minimum absolute atomic E-state index is 0.122. The molecule has 10 heteroatoms. The van der Waals surface area contributed by atoms with Crippen LogP contribution >= 0.6 is 0 Å². The van der Waals surface area contributed by atoms with Gasteiger partial charge in [0.05, 0.1) is 22.4 Å². The van der Waals surface area contributed by atoms with E-state index in [1.54, 1.807) is 24.3 Å². The molecule has 2 saturated heterocycles. The van der Waals surface area contributed by atoms with E-state index in [2.05, 4.69) is 15.6 Å². The Morgan fingerprint density at radius 1 is 0.947 bits per heavy atom. The van der Waals surface area contributed by atoms with Crippen LogP contribution in [0.15, 0.2) is 79.0 Å². The summed E-state index contributed by atoms with van der Waals surface area (Å²) >= 11 is 0. The number of carbonyl (C=O) groups is 3. The highest BCUT2D eigenvalue weighted by Gasteiger charge is 2.70. The Morgan fingerprint density at radius 3 is 2.58 bits per heavy atom. The first-order valence-electron chi connectivity index (χ1n) is 12.3. The summed E-state index contributed by atoms with van der Waals surface area (Å²) in [5, 5.41) is 18.7. The standard InChI is InChI=1S/C28H21N5O5/c34-25-23-22(12-15-14-29-20-10-3-1-8-18(15)20)31-28(19-9-2-4-11-21(19)30-27(28)36)24(23)26(35)32(25)16-6-5-7-17(13-16)33(37)38/h1-11,13-14,22-24,29,31H,12H2,(H,30,36)/t22-,23+,24+,28+/m1/s1. The highest BCUT2D eigenvalue weighted by atomic mass is 16.6. The summed E-state index contributed by atoms with van der Waals surface area (Å²) in [6.45, 7) is 0. The van der Waals surface area contributed by atoms with E-state index < -0.39 is 46.1 Å². The molecule has 1 spiro atoms. The predicted octanol–water partition coefficient (Wildman–Crippen LogP) is 3.24. The highest BCUT2D eigenvalue weighted by Crippen LogP contribution is 2.54. The minimum Gasteiger partial charge on any atom is -0.361 e. The van der Waals surface area contributed by atoms with Crippen LogP contribution in [-0.4, -0.2) is 33.7 Å². The van der Waals surface area contributed by atoms with Crippen molar-refractivity contribution in [2.45, 2.75) is 18.0 Å². The fourth-order valence-electron chi connectivity index (χ4n) is 6.47. The van der Waals surface area contributed by atoms with Crippen molar-refractivity contribution in [3.8, 4) is 0 Å². The minimum atomic E-state index is -1.44. The van der Waals surface area contributed by atoms with Crippen LogP contribution in [0, 0.1) is 22.0 Å². The zero-order valence-electron chi connectivity index (χ0n) is 19.9. The lowest BCUT2D eigenvalue weighted by Crippen LogP contribution is -2.53. The van der Waals surface area contributed by atoms with Crippen molar-refractivity contribution >= 4 is 45.7 Å². The van der Waals surface area contributed by atoms with E-state index in [0.717, 1.165) is 21.4 Å². The molecule has 38 heavy (non-hydrogen) atoms. The van der Waals surface area contributed by atoms with Gasteiger partial charge in [-0.1, -0.05) is 42.5 Å². The fourth-order valence-corrected chi connectivity index (χ4v) is 6.47. The van der Waals surface area contributed by atoms with Gasteiger partial charge in [0.2, 0.25) is 17.7 Å². The van der Waals surface area contributed by atoms with Gasteiger partial charge in [0.25, 0.3) is 5.69 Å². The van der Waals surface area contributed by atoms with E-state index in [0.29, 0.717) is 17.7 Å². The number of amides is 3. The van der Waals surface area contributed by atoms with Crippen LogP contribution in [0.25, 0.3) is 10.9 Å². The third-order valence-corrected chi connectivity index (χ3v) is 8.04. The monoisotopic (exact) mass is 507 g/mol. The number of nitrogens with zero attached hydrogens (tertiary/aromatic N) is 2. The van der Waals surface area contributed by atoms with Gasteiger partial charge in [0, 0.05) is 46.5 Å². The Bertz CT molecular complexity index is 1700. The molecule has 0 unspecified atom stereocenters. The summed E-state index contributed by atoms with van der Waals surface area (Å²) in [6, 6.07) is 19.9. The summed E-state index contributed by atoms with van der Waals surface area (Å²) in [5.41, 5.74) is 1.55. The van der Waals surface area contributed by atoms with Crippen LogP contribution in [0.3, 0.4) is 0 Å². The molecule has 1 aromatic heterocycles. The second-order valence-electron chi connectivity index (χ2n) is 9.91. The van der Waals surface area contributed by atoms with Crippen molar-refractivity contribution in [3.05, 3.63) is 100 Å². The number of aromatic nitrogens is 1. The molecule has 188 valence electrons. The zero-order chi connectivity index (χ0) is 26.2. The maximum absolute atomic E-state index is 14.1. The Balaban J connectivity index is 1.37. The maximum Gasteiger partial charge on any atom is 0.271 e. The second kappa shape index (κ2) is 7.83. The number of carbonyl (C=O) groups excluding carboxylic acids is 3. The molecule has 0 aliphatic carbocycles. The summed E-state index contributed by atoms with van der Waals surface area (Å²) in [5.74, 6) is -3.30. The number of benzene rings is 3. The average molecular weight is 508 g/mol. The third kappa shape index (κ3) is 2.88. The van der Waals surface area contributed by atoms with Crippen molar-refractivity contribution in [3.63, 3.8) is 0 Å².